The lowest BCUT2D eigenvalue weighted by atomic mass is 9.83. The third-order valence-corrected chi connectivity index (χ3v) is 6.36. The molecule has 2 aliphatic heterocycles. The van der Waals surface area contributed by atoms with Gasteiger partial charge in [-0.15, -0.1) is 0 Å². The first-order chi connectivity index (χ1) is 12.1. The minimum absolute atomic E-state index is 0.628. The molecular weight excluding hydrogens is 420 g/mol. The van der Waals surface area contributed by atoms with E-state index < -0.39 is 71.7 Å². The number of aliphatic hydroxyl groups excluding tert-OH is 6. The van der Waals surface area contributed by atoms with Crippen molar-refractivity contribution < 1.29 is 50.0 Å². The minimum Gasteiger partial charge on any atom is -0.472 e. The lowest BCUT2D eigenvalue weighted by Gasteiger charge is -2.45. The van der Waals surface area contributed by atoms with Crippen molar-refractivity contribution in [2.75, 3.05) is 6.61 Å². The molecule has 10 nitrogen and oxygen atoms in total. The van der Waals surface area contributed by atoms with Gasteiger partial charge in [-0.3, -0.25) is 0 Å². The van der Waals surface area contributed by atoms with Gasteiger partial charge in [-0.05, 0) is 13.0 Å². The second kappa shape index (κ2) is 6.92. The maximum absolute atomic E-state index is 10.8. The summed E-state index contributed by atoms with van der Waals surface area (Å²) >= 11 is 3.30. The van der Waals surface area contributed by atoms with E-state index in [2.05, 4.69) is 15.9 Å². The van der Waals surface area contributed by atoms with Gasteiger partial charge in [-0.25, -0.2) is 0 Å². The Labute approximate surface area is 157 Å². The van der Waals surface area contributed by atoms with Crippen molar-refractivity contribution in [3.63, 3.8) is 0 Å². The van der Waals surface area contributed by atoms with Crippen LogP contribution < -0.4 is 0 Å². The summed E-state index contributed by atoms with van der Waals surface area (Å²) in [6.45, 7) is 0.910. The summed E-state index contributed by atoms with van der Waals surface area (Å²) in [5, 5.41) is 70.4. The Morgan fingerprint density at radius 2 is 1.69 bits per heavy atom. The van der Waals surface area contributed by atoms with Gasteiger partial charge in [0.05, 0.1) is 29.2 Å². The summed E-state index contributed by atoms with van der Waals surface area (Å²) < 4.78 is 15.0. The van der Waals surface area contributed by atoms with Crippen LogP contribution in [0.15, 0.2) is 12.3 Å². The van der Waals surface area contributed by atoms with E-state index in [0.29, 0.717) is 0 Å². The first-order valence-electron chi connectivity index (χ1n) is 8.12. The highest BCUT2D eigenvalue weighted by Gasteiger charge is 2.68. The Balaban J connectivity index is 1.85. The molecule has 1 saturated carbocycles. The second-order valence-electron chi connectivity index (χ2n) is 7.05. The Morgan fingerprint density at radius 3 is 2.31 bits per heavy atom. The van der Waals surface area contributed by atoms with E-state index in [-0.39, 0.29) is 0 Å². The third-order valence-electron chi connectivity index (χ3n) is 5.39. The molecule has 0 radical (unpaired) electrons. The van der Waals surface area contributed by atoms with Crippen LogP contribution in [0.3, 0.4) is 0 Å². The highest BCUT2D eigenvalue weighted by Crippen LogP contribution is 2.53. The summed E-state index contributed by atoms with van der Waals surface area (Å²) in [5.74, 6) is -1.02. The Kier molecular flexibility index (Phi) is 5.43. The molecule has 2 heterocycles. The second-order valence-corrected chi connectivity index (χ2v) is 8.76. The van der Waals surface area contributed by atoms with Crippen molar-refractivity contribution >= 4 is 15.9 Å². The van der Waals surface area contributed by atoms with Crippen LogP contribution in [-0.4, -0.2) is 101 Å². The van der Waals surface area contributed by atoms with Gasteiger partial charge in [0.25, 0.3) is 0 Å². The number of hydrogen-bond donors (Lipinski definition) is 7. The molecule has 150 valence electrons. The standard InChI is InChI=1S/C15H23BrO10/c1-14(16)9-13(24-3-2-15(9,23)11(22)10(14)21)26-12-8(20)7(19)6(18)5(4-17)25-12/h2-3,5-13,17-23H,4H2,1H3/t5-,6-,7+,8-,9?,10+,11-,12+,13+,14+,15+/m1/s1. The number of halogens is 1. The van der Waals surface area contributed by atoms with Crippen molar-refractivity contribution in [3.05, 3.63) is 12.3 Å². The van der Waals surface area contributed by atoms with Gasteiger partial charge in [-0.2, -0.15) is 0 Å². The van der Waals surface area contributed by atoms with E-state index in [1.54, 1.807) is 0 Å². The Bertz CT molecular complexity index is 557. The topological polar surface area (TPSA) is 169 Å². The molecule has 11 atom stereocenters. The molecule has 3 aliphatic rings. The number of hydrogen-bond acceptors (Lipinski definition) is 10. The first-order valence-corrected chi connectivity index (χ1v) is 8.91. The highest BCUT2D eigenvalue weighted by molar-refractivity contribution is 9.10. The number of fused-ring (bicyclic) bond motifs is 1. The maximum Gasteiger partial charge on any atom is 0.209 e. The van der Waals surface area contributed by atoms with Crippen molar-refractivity contribution in [3.8, 4) is 0 Å². The van der Waals surface area contributed by atoms with E-state index >= 15 is 0 Å². The van der Waals surface area contributed by atoms with Gasteiger partial charge < -0.3 is 50.0 Å². The van der Waals surface area contributed by atoms with Crippen LogP contribution in [0.1, 0.15) is 6.92 Å². The van der Waals surface area contributed by atoms with Gasteiger partial charge >= 0.3 is 0 Å². The summed E-state index contributed by atoms with van der Waals surface area (Å²) in [5.41, 5.74) is -1.88. The molecule has 0 aromatic heterocycles. The molecule has 0 aromatic rings. The van der Waals surface area contributed by atoms with Crippen LogP contribution in [0.2, 0.25) is 0 Å². The third kappa shape index (κ3) is 2.91. The van der Waals surface area contributed by atoms with E-state index in [0.717, 1.165) is 6.26 Å². The molecule has 1 saturated heterocycles. The van der Waals surface area contributed by atoms with Gasteiger partial charge in [0.2, 0.25) is 6.29 Å². The largest absolute Gasteiger partial charge is 0.472 e. The lowest BCUT2D eigenvalue weighted by molar-refractivity contribution is -0.346. The van der Waals surface area contributed by atoms with Crippen molar-refractivity contribution in [1.82, 2.24) is 0 Å². The zero-order chi connectivity index (χ0) is 19.4. The van der Waals surface area contributed by atoms with E-state index in [4.69, 9.17) is 14.2 Å². The molecule has 26 heavy (non-hydrogen) atoms. The maximum atomic E-state index is 10.8. The van der Waals surface area contributed by atoms with Gasteiger partial charge in [0, 0.05) is 0 Å². The van der Waals surface area contributed by atoms with E-state index in [1.165, 1.54) is 13.0 Å². The average molecular weight is 443 g/mol. The van der Waals surface area contributed by atoms with Crippen LogP contribution in [-0.2, 0) is 14.2 Å². The summed E-state index contributed by atoms with van der Waals surface area (Å²) in [6, 6.07) is 0. The summed E-state index contributed by atoms with van der Waals surface area (Å²) in [4.78, 5) is 0. The number of rotatable bonds is 3. The van der Waals surface area contributed by atoms with Crippen LogP contribution >= 0.6 is 15.9 Å². The van der Waals surface area contributed by atoms with Crippen molar-refractivity contribution in [1.29, 1.82) is 0 Å². The molecule has 1 aliphatic carbocycles. The van der Waals surface area contributed by atoms with Gasteiger partial charge in [0.15, 0.2) is 6.29 Å². The fourth-order valence-electron chi connectivity index (χ4n) is 3.79. The number of ether oxygens (including phenoxy) is 3. The van der Waals surface area contributed by atoms with Gasteiger partial charge in [0.1, 0.15) is 36.1 Å². The fraction of sp³-hybridized carbons (Fsp3) is 0.867. The van der Waals surface area contributed by atoms with Crippen LogP contribution in [0.4, 0.5) is 0 Å². The highest BCUT2D eigenvalue weighted by atomic mass is 79.9. The number of alkyl halides is 1. The SMILES string of the molecule is C[C@]1(Br)C2[C@H](O[C@@H]3O[C@H](CO)[C@@H](O)[C@H](O)[C@H]3O)OC=C[C@@]2(O)[C@H](O)[C@@H]1O. The molecule has 0 bridgehead atoms. The quantitative estimate of drug-likeness (QED) is 0.222. The van der Waals surface area contributed by atoms with Crippen molar-refractivity contribution in [2.24, 2.45) is 5.92 Å². The zero-order valence-corrected chi connectivity index (χ0v) is 15.4. The summed E-state index contributed by atoms with van der Waals surface area (Å²) in [6.07, 6.45) is -9.40. The van der Waals surface area contributed by atoms with E-state index in [9.17, 15) is 35.7 Å². The fourth-order valence-corrected chi connectivity index (χ4v) is 4.63. The number of aliphatic hydroxyl groups is 7. The zero-order valence-electron chi connectivity index (χ0n) is 13.8. The molecule has 0 aromatic carbocycles. The van der Waals surface area contributed by atoms with Gasteiger partial charge in [-0.1, -0.05) is 15.9 Å². The molecule has 7 N–H and O–H groups in total. The minimum atomic E-state index is -1.88. The lowest BCUT2D eigenvalue weighted by Crippen LogP contribution is -2.61. The normalized spacial score (nSPS) is 56.9. The molecular formula is C15H23BrO10. The molecule has 11 heteroatoms. The molecule has 0 spiro atoms. The first kappa shape index (κ1) is 20.4. The predicted octanol–water partition coefficient (Wildman–Crippen LogP) is -3.09. The Morgan fingerprint density at radius 1 is 1.04 bits per heavy atom. The van der Waals surface area contributed by atoms with Crippen molar-refractivity contribution in [2.45, 2.75) is 66.1 Å². The average Bonchev–Trinajstić information content (AvgIpc) is 2.73. The van der Waals surface area contributed by atoms with Crippen LogP contribution in [0.5, 0.6) is 0 Å². The monoisotopic (exact) mass is 442 g/mol. The van der Waals surface area contributed by atoms with Crippen LogP contribution in [0.25, 0.3) is 0 Å². The molecule has 1 unspecified atom stereocenters. The smallest absolute Gasteiger partial charge is 0.209 e. The molecule has 0 amide bonds. The molecule has 3 rings (SSSR count). The van der Waals surface area contributed by atoms with E-state index in [1.807, 2.05) is 0 Å². The summed E-state index contributed by atoms with van der Waals surface area (Å²) in [7, 11) is 0. The molecule has 2 fully saturated rings. The predicted molar refractivity (Wildman–Crippen MR) is 86.7 cm³/mol. The Hall–Kier alpha value is -0.340. The van der Waals surface area contributed by atoms with Crippen LogP contribution in [0, 0.1) is 5.92 Å².